The molecule has 152 valence electrons. The zero-order valence-electron chi connectivity index (χ0n) is 16.8. The number of azide groups is 1. The second-order valence-electron chi connectivity index (χ2n) is 7.35. The van der Waals surface area contributed by atoms with E-state index in [2.05, 4.69) is 34.5 Å². The van der Waals surface area contributed by atoms with Crippen LogP contribution in [0.25, 0.3) is 10.4 Å². The first-order valence-corrected chi connectivity index (χ1v) is 9.69. The predicted molar refractivity (Wildman–Crippen MR) is 113 cm³/mol. The van der Waals surface area contributed by atoms with Crippen molar-refractivity contribution in [3.63, 3.8) is 0 Å². The van der Waals surface area contributed by atoms with Crippen LogP contribution < -0.4 is 10.6 Å². The number of carbonyl (C=O) groups excluding carboxylic acids is 2. The molecule has 29 heavy (non-hydrogen) atoms. The predicted octanol–water partition coefficient (Wildman–Crippen LogP) is 4.00. The van der Waals surface area contributed by atoms with Crippen LogP contribution in [0.15, 0.2) is 59.7 Å². The van der Waals surface area contributed by atoms with Gasteiger partial charge in [0.1, 0.15) is 0 Å². The van der Waals surface area contributed by atoms with Gasteiger partial charge in [-0.15, -0.1) is 0 Å². The maximum Gasteiger partial charge on any atom is 0.251 e. The number of nitrogens with zero attached hydrogens (tertiary/aromatic N) is 3. The lowest BCUT2D eigenvalue weighted by Gasteiger charge is -2.18. The largest absolute Gasteiger partial charge is 0.352 e. The molecule has 0 unspecified atom stereocenters. The van der Waals surface area contributed by atoms with E-state index in [1.54, 1.807) is 12.1 Å². The van der Waals surface area contributed by atoms with Crippen LogP contribution in [0, 0.1) is 5.92 Å². The van der Waals surface area contributed by atoms with E-state index in [4.69, 9.17) is 5.53 Å². The highest BCUT2D eigenvalue weighted by atomic mass is 16.2. The molecule has 2 rings (SSSR count). The molecule has 1 atom stereocenters. The molecule has 2 aromatic carbocycles. The number of rotatable bonds is 10. The highest BCUT2D eigenvalue weighted by molar-refractivity contribution is 5.94. The monoisotopic (exact) mass is 393 g/mol. The van der Waals surface area contributed by atoms with Gasteiger partial charge in [-0.1, -0.05) is 61.4 Å². The topological polar surface area (TPSA) is 107 Å². The highest BCUT2D eigenvalue weighted by Gasteiger charge is 2.14. The molecule has 2 N–H and O–H groups in total. The molecule has 0 aliphatic rings. The van der Waals surface area contributed by atoms with Crippen LogP contribution in [-0.2, 0) is 17.8 Å². The van der Waals surface area contributed by atoms with Crippen LogP contribution in [0.2, 0.25) is 0 Å². The lowest BCUT2D eigenvalue weighted by molar-refractivity contribution is -0.120. The third-order valence-corrected chi connectivity index (χ3v) is 4.37. The molecule has 0 spiro atoms. The molecule has 2 amide bonds. The standard InChI is InChI=1S/C22H27N5O2/c1-16(2)12-20(15-25-27-23)26-22(29)19-10-8-18(9-11-19)14-24-21(28)13-17-6-4-3-5-7-17/h3-11,16,20H,12-15H2,1-2H3,(H,24,28)(H,26,29)/t20-/m0/s1. The minimum absolute atomic E-state index is 0.0485. The van der Waals surface area contributed by atoms with E-state index < -0.39 is 0 Å². The van der Waals surface area contributed by atoms with Crippen molar-refractivity contribution in [1.82, 2.24) is 10.6 Å². The summed E-state index contributed by atoms with van der Waals surface area (Å²) < 4.78 is 0. The van der Waals surface area contributed by atoms with Crippen LogP contribution in [0.5, 0.6) is 0 Å². The zero-order valence-corrected chi connectivity index (χ0v) is 16.8. The van der Waals surface area contributed by atoms with E-state index in [0.717, 1.165) is 17.5 Å². The Morgan fingerprint density at radius 3 is 2.34 bits per heavy atom. The summed E-state index contributed by atoms with van der Waals surface area (Å²) in [6.07, 6.45) is 1.07. The van der Waals surface area contributed by atoms with Crippen molar-refractivity contribution < 1.29 is 9.59 Å². The van der Waals surface area contributed by atoms with Crippen molar-refractivity contribution in [3.8, 4) is 0 Å². The van der Waals surface area contributed by atoms with E-state index in [9.17, 15) is 9.59 Å². The Hall–Kier alpha value is -3.31. The maximum atomic E-state index is 12.5. The van der Waals surface area contributed by atoms with Crippen molar-refractivity contribution in [2.75, 3.05) is 6.54 Å². The molecule has 2 aromatic rings. The van der Waals surface area contributed by atoms with Gasteiger partial charge >= 0.3 is 0 Å². The summed E-state index contributed by atoms with van der Waals surface area (Å²) in [6.45, 7) is 4.73. The molecule has 7 nitrogen and oxygen atoms in total. The van der Waals surface area contributed by atoms with Gasteiger partial charge in [0.15, 0.2) is 0 Å². The Morgan fingerprint density at radius 1 is 1.03 bits per heavy atom. The molecule has 0 saturated heterocycles. The third-order valence-electron chi connectivity index (χ3n) is 4.37. The van der Waals surface area contributed by atoms with Crippen molar-refractivity contribution in [3.05, 3.63) is 81.7 Å². The molecule has 0 saturated carbocycles. The summed E-state index contributed by atoms with van der Waals surface area (Å²) in [5, 5.41) is 9.39. The van der Waals surface area contributed by atoms with Crippen LogP contribution in [-0.4, -0.2) is 24.4 Å². The minimum atomic E-state index is -0.205. The number of hydrogen-bond acceptors (Lipinski definition) is 3. The molecule has 0 heterocycles. The summed E-state index contributed by atoms with van der Waals surface area (Å²) in [7, 11) is 0. The molecule has 0 aliphatic carbocycles. The van der Waals surface area contributed by atoms with Crippen molar-refractivity contribution >= 4 is 11.8 Å². The summed E-state index contributed by atoms with van der Waals surface area (Å²) in [5.74, 6) is 0.118. The first-order valence-electron chi connectivity index (χ1n) is 9.69. The first kappa shape index (κ1) is 22.0. The lowest BCUT2D eigenvalue weighted by atomic mass is 10.0. The molecule has 0 aromatic heterocycles. The number of hydrogen-bond donors (Lipinski definition) is 2. The fourth-order valence-electron chi connectivity index (χ4n) is 2.97. The summed E-state index contributed by atoms with van der Waals surface area (Å²) >= 11 is 0. The van der Waals surface area contributed by atoms with Crippen LogP contribution in [0.1, 0.15) is 41.8 Å². The Kier molecular flexibility index (Phi) is 8.73. The molecule has 0 radical (unpaired) electrons. The van der Waals surface area contributed by atoms with E-state index >= 15 is 0 Å². The molecule has 0 aliphatic heterocycles. The fraction of sp³-hybridized carbons (Fsp3) is 0.364. The van der Waals surface area contributed by atoms with Gasteiger partial charge in [0, 0.05) is 29.6 Å². The third kappa shape index (κ3) is 8.07. The number of amides is 2. The summed E-state index contributed by atoms with van der Waals surface area (Å²) in [5.41, 5.74) is 10.9. The van der Waals surface area contributed by atoms with Crippen molar-refractivity contribution in [1.29, 1.82) is 0 Å². The van der Waals surface area contributed by atoms with E-state index in [0.29, 0.717) is 24.4 Å². The quantitative estimate of drug-likeness (QED) is 0.361. The van der Waals surface area contributed by atoms with Crippen LogP contribution in [0.3, 0.4) is 0 Å². The lowest BCUT2D eigenvalue weighted by Crippen LogP contribution is -2.37. The van der Waals surface area contributed by atoms with Crippen LogP contribution >= 0.6 is 0 Å². The van der Waals surface area contributed by atoms with Crippen LogP contribution in [0.4, 0.5) is 0 Å². The molecular formula is C22H27N5O2. The molecule has 0 bridgehead atoms. The number of nitrogens with one attached hydrogen (secondary N) is 2. The number of carbonyl (C=O) groups is 2. The summed E-state index contributed by atoms with van der Waals surface area (Å²) in [4.78, 5) is 27.3. The van der Waals surface area contributed by atoms with Crippen molar-refractivity contribution in [2.24, 2.45) is 11.0 Å². The Bertz CT molecular complexity index is 843. The average Bonchev–Trinajstić information content (AvgIpc) is 2.71. The van der Waals surface area contributed by atoms with Gasteiger partial charge in [0.05, 0.1) is 6.42 Å². The van der Waals surface area contributed by atoms with Gasteiger partial charge in [0.2, 0.25) is 5.91 Å². The van der Waals surface area contributed by atoms with Crippen molar-refractivity contribution in [2.45, 2.75) is 39.3 Å². The van der Waals surface area contributed by atoms with E-state index in [1.165, 1.54) is 0 Å². The minimum Gasteiger partial charge on any atom is -0.352 e. The van der Waals surface area contributed by atoms with E-state index in [1.807, 2.05) is 42.5 Å². The maximum absolute atomic E-state index is 12.5. The Morgan fingerprint density at radius 2 is 1.72 bits per heavy atom. The molecular weight excluding hydrogens is 366 g/mol. The second-order valence-corrected chi connectivity index (χ2v) is 7.35. The molecule has 0 fully saturated rings. The van der Waals surface area contributed by atoms with E-state index in [-0.39, 0.29) is 24.4 Å². The van der Waals surface area contributed by atoms with Gasteiger partial charge in [-0.2, -0.15) is 0 Å². The van der Waals surface area contributed by atoms with Gasteiger partial charge in [-0.05, 0) is 41.1 Å². The summed E-state index contributed by atoms with van der Waals surface area (Å²) in [6, 6.07) is 16.5. The first-order chi connectivity index (χ1) is 14.0. The average molecular weight is 393 g/mol. The van der Waals surface area contributed by atoms with Gasteiger partial charge in [0.25, 0.3) is 5.91 Å². The highest BCUT2D eigenvalue weighted by Crippen LogP contribution is 2.09. The second kappa shape index (κ2) is 11.5. The van der Waals surface area contributed by atoms with Gasteiger partial charge in [-0.3, -0.25) is 9.59 Å². The fourth-order valence-corrected chi connectivity index (χ4v) is 2.97. The SMILES string of the molecule is CC(C)C[C@@H](CN=[N+]=[N-])NC(=O)c1ccc(CNC(=O)Cc2ccccc2)cc1. The van der Waals surface area contributed by atoms with Gasteiger partial charge < -0.3 is 10.6 Å². The Labute approximate surface area is 171 Å². The smallest absolute Gasteiger partial charge is 0.251 e. The normalized spacial score (nSPS) is 11.4. The molecule has 7 heteroatoms. The zero-order chi connectivity index (χ0) is 21.1. The van der Waals surface area contributed by atoms with Gasteiger partial charge in [-0.25, -0.2) is 0 Å². The number of benzene rings is 2. The Balaban J connectivity index is 1.87.